The third kappa shape index (κ3) is 3.60. The van der Waals surface area contributed by atoms with Gasteiger partial charge in [0.2, 0.25) is 0 Å². The second-order valence-corrected chi connectivity index (χ2v) is 7.61. The highest BCUT2D eigenvalue weighted by atomic mass is 16.6. The van der Waals surface area contributed by atoms with Crippen molar-refractivity contribution >= 4 is 5.97 Å². The van der Waals surface area contributed by atoms with Gasteiger partial charge in [0.25, 0.3) is 0 Å². The van der Waals surface area contributed by atoms with Crippen LogP contribution in [0.25, 0.3) is 0 Å². The van der Waals surface area contributed by atoms with E-state index in [2.05, 4.69) is 39.5 Å². The van der Waals surface area contributed by atoms with Crippen LogP contribution < -0.4 is 0 Å². The molecule has 3 heteroatoms. The number of esters is 1. The Balaban J connectivity index is 1.79. The summed E-state index contributed by atoms with van der Waals surface area (Å²) in [6.07, 6.45) is 10.7. The quantitative estimate of drug-likeness (QED) is 0.286. The molecular formula is C20H28O3. The second-order valence-electron chi connectivity index (χ2n) is 7.61. The van der Waals surface area contributed by atoms with Gasteiger partial charge >= 0.3 is 5.97 Å². The summed E-state index contributed by atoms with van der Waals surface area (Å²) in [7, 11) is 0. The van der Waals surface area contributed by atoms with Gasteiger partial charge in [-0.05, 0) is 52.9 Å². The van der Waals surface area contributed by atoms with E-state index >= 15 is 0 Å². The minimum atomic E-state index is -0.228. The Morgan fingerprint density at radius 3 is 2.74 bits per heavy atom. The van der Waals surface area contributed by atoms with E-state index in [1.165, 1.54) is 11.1 Å². The van der Waals surface area contributed by atoms with E-state index in [1.54, 1.807) is 0 Å². The maximum absolute atomic E-state index is 11.9. The SMILES string of the molecule is C=C1C(=O)O[C@@H]2C[C@]3(C)O[C@H]3CC/C(C)=C/CC/C(C)=C/C[C@H]12. The van der Waals surface area contributed by atoms with Crippen molar-refractivity contribution in [1.82, 2.24) is 0 Å². The maximum Gasteiger partial charge on any atom is 0.334 e. The monoisotopic (exact) mass is 316 g/mol. The van der Waals surface area contributed by atoms with Gasteiger partial charge < -0.3 is 9.47 Å². The van der Waals surface area contributed by atoms with Crippen LogP contribution in [0.3, 0.4) is 0 Å². The lowest BCUT2D eigenvalue weighted by atomic mass is 9.85. The molecular weight excluding hydrogens is 288 g/mol. The molecule has 2 saturated heterocycles. The third-order valence-electron chi connectivity index (χ3n) is 5.61. The number of rotatable bonds is 0. The summed E-state index contributed by atoms with van der Waals surface area (Å²) in [5.74, 6) is -0.131. The minimum absolute atomic E-state index is 0.0892. The summed E-state index contributed by atoms with van der Waals surface area (Å²) < 4.78 is 11.6. The molecule has 0 aromatic rings. The molecule has 0 spiro atoms. The van der Waals surface area contributed by atoms with Gasteiger partial charge in [0, 0.05) is 17.9 Å². The van der Waals surface area contributed by atoms with Gasteiger partial charge in [-0.3, -0.25) is 0 Å². The van der Waals surface area contributed by atoms with E-state index in [9.17, 15) is 4.79 Å². The van der Waals surface area contributed by atoms with Crippen molar-refractivity contribution in [3.05, 3.63) is 35.5 Å². The average Bonchev–Trinajstić information content (AvgIpc) is 3.05. The fraction of sp³-hybridized carbons (Fsp3) is 0.650. The molecule has 126 valence electrons. The Bertz CT molecular complexity index is 571. The summed E-state index contributed by atoms with van der Waals surface area (Å²) in [5.41, 5.74) is 3.31. The molecule has 2 aliphatic heterocycles. The lowest BCUT2D eigenvalue weighted by Crippen LogP contribution is -2.25. The first kappa shape index (κ1) is 16.5. The highest BCUT2D eigenvalue weighted by Gasteiger charge is 2.55. The van der Waals surface area contributed by atoms with Crippen molar-refractivity contribution in [2.24, 2.45) is 5.92 Å². The number of fused-ring (bicyclic) bond motifs is 2. The Hall–Kier alpha value is -1.35. The number of ether oxygens (including phenoxy) is 2. The van der Waals surface area contributed by atoms with E-state index in [-0.39, 0.29) is 23.6 Å². The number of carbonyl (C=O) groups excluding carboxylic acids is 1. The van der Waals surface area contributed by atoms with Crippen molar-refractivity contribution in [2.45, 2.75) is 77.1 Å². The van der Waals surface area contributed by atoms with Crippen LogP contribution in [0.15, 0.2) is 35.5 Å². The van der Waals surface area contributed by atoms with Crippen LogP contribution in [0.5, 0.6) is 0 Å². The minimum Gasteiger partial charge on any atom is -0.458 e. The van der Waals surface area contributed by atoms with E-state index in [0.29, 0.717) is 11.7 Å². The first-order valence-electron chi connectivity index (χ1n) is 8.78. The number of epoxide rings is 1. The van der Waals surface area contributed by atoms with E-state index in [1.807, 2.05) is 0 Å². The first-order chi connectivity index (χ1) is 10.9. The normalized spacial score (nSPS) is 43.2. The van der Waals surface area contributed by atoms with E-state index < -0.39 is 0 Å². The molecule has 4 atom stereocenters. The molecule has 1 aliphatic carbocycles. The van der Waals surface area contributed by atoms with Crippen LogP contribution in [0, 0.1) is 5.92 Å². The Kier molecular flexibility index (Phi) is 4.50. The Morgan fingerprint density at radius 1 is 1.22 bits per heavy atom. The standard InChI is InChI=1S/C20H28O3/c1-13-6-5-7-14(2)9-11-18-20(4,23-18)12-17-16(10-8-13)15(3)19(21)22-17/h7-8,16-18H,3,5-6,9-12H2,1-2,4H3/b13-8+,14-7+/t16-,17-,18+,20+/m1/s1. The molecule has 0 amide bonds. The zero-order chi connectivity index (χ0) is 16.6. The van der Waals surface area contributed by atoms with Gasteiger partial charge in [0.1, 0.15) is 6.10 Å². The maximum atomic E-state index is 11.9. The van der Waals surface area contributed by atoms with Crippen molar-refractivity contribution in [3.63, 3.8) is 0 Å². The third-order valence-corrected chi connectivity index (χ3v) is 5.61. The number of carbonyl (C=O) groups is 1. The van der Waals surface area contributed by atoms with Gasteiger partial charge in [0.15, 0.2) is 0 Å². The molecule has 0 radical (unpaired) electrons. The predicted molar refractivity (Wildman–Crippen MR) is 91.0 cm³/mol. The number of hydrogen-bond acceptors (Lipinski definition) is 3. The zero-order valence-corrected chi connectivity index (χ0v) is 14.6. The molecule has 23 heavy (non-hydrogen) atoms. The van der Waals surface area contributed by atoms with Crippen molar-refractivity contribution in [1.29, 1.82) is 0 Å². The lowest BCUT2D eigenvalue weighted by molar-refractivity contribution is -0.139. The zero-order valence-electron chi connectivity index (χ0n) is 14.6. The molecule has 2 fully saturated rings. The molecule has 0 saturated carbocycles. The van der Waals surface area contributed by atoms with Crippen LogP contribution in [0.1, 0.15) is 59.3 Å². The fourth-order valence-electron chi connectivity index (χ4n) is 3.82. The van der Waals surface area contributed by atoms with Crippen molar-refractivity contribution in [2.75, 3.05) is 0 Å². The lowest BCUT2D eigenvalue weighted by Gasteiger charge is -2.19. The highest BCUT2D eigenvalue weighted by molar-refractivity contribution is 5.90. The summed E-state index contributed by atoms with van der Waals surface area (Å²) in [4.78, 5) is 11.9. The molecule has 0 N–H and O–H groups in total. The van der Waals surface area contributed by atoms with Crippen molar-refractivity contribution < 1.29 is 14.3 Å². The fourth-order valence-corrected chi connectivity index (χ4v) is 3.82. The summed E-state index contributed by atoms with van der Waals surface area (Å²) >= 11 is 0. The van der Waals surface area contributed by atoms with Crippen molar-refractivity contribution in [3.8, 4) is 0 Å². The first-order valence-corrected chi connectivity index (χ1v) is 8.78. The predicted octanol–water partition coefficient (Wildman–Crippen LogP) is 4.49. The Labute approximate surface area is 139 Å². The molecule has 3 nitrogen and oxygen atoms in total. The number of hydrogen-bond donors (Lipinski definition) is 0. The molecule has 3 aliphatic rings. The van der Waals surface area contributed by atoms with Crippen LogP contribution in [0.2, 0.25) is 0 Å². The molecule has 0 aromatic heterocycles. The summed E-state index contributed by atoms with van der Waals surface area (Å²) in [6, 6.07) is 0. The average molecular weight is 316 g/mol. The number of allylic oxidation sites excluding steroid dienone is 4. The van der Waals surface area contributed by atoms with Gasteiger partial charge in [-0.2, -0.15) is 0 Å². The molecule has 3 rings (SSSR count). The smallest absolute Gasteiger partial charge is 0.334 e. The summed E-state index contributed by atoms with van der Waals surface area (Å²) in [6.45, 7) is 10.5. The second kappa shape index (κ2) is 6.27. The molecule has 2 heterocycles. The van der Waals surface area contributed by atoms with Gasteiger partial charge in [0.05, 0.1) is 11.7 Å². The summed E-state index contributed by atoms with van der Waals surface area (Å²) in [5, 5.41) is 0. The van der Waals surface area contributed by atoms with Crippen LogP contribution >= 0.6 is 0 Å². The van der Waals surface area contributed by atoms with Crippen LogP contribution in [0.4, 0.5) is 0 Å². The topological polar surface area (TPSA) is 38.8 Å². The molecule has 0 aromatic carbocycles. The van der Waals surface area contributed by atoms with Crippen LogP contribution in [-0.2, 0) is 14.3 Å². The molecule has 0 bridgehead atoms. The largest absolute Gasteiger partial charge is 0.458 e. The van der Waals surface area contributed by atoms with Gasteiger partial charge in [-0.15, -0.1) is 0 Å². The van der Waals surface area contributed by atoms with E-state index in [4.69, 9.17) is 9.47 Å². The van der Waals surface area contributed by atoms with Gasteiger partial charge in [-0.25, -0.2) is 4.79 Å². The Morgan fingerprint density at radius 2 is 1.96 bits per heavy atom. The highest BCUT2D eigenvalue weighted by Crippen LogP contribution is 2.47. The van der Waals surface area contributed by atoms with E-state index in [0.717, 1.165) is 38.5 Å². The van der Waals surface area contributed by atoms with Crippen LogP contribution in [-0.4, -0.2) is 23.8 Å². The van der Waals surface area contributed by atoms with Gasteiger partial charge in [-0.1, -0.05) is 29.9 Å². The molecule has 0 unspecified atom stereocenters.